The molecule has 1 heterocycles. The van der Waals surface area contributed by atoms with Crippen LogP contribution in [0.25, 0.3) is 11.0 Å². The summed E-state index contributed by atoms with van der Waals surface area (Å²) in [7, 11) is 0. The average molecular weight is 376 g/mol. The number of H-pyrrole nitrogens is 1. The first-order valence-corrected chi connectivity index (χ1v) is 7.83. The van der Waals surface area contributed by atoms with Gasteiger partial charge < -0.3 is 4.98 Å². The first kappa shape index (κ1) is 17.4. The van der Waals surface area contributed by atoms with Crippen molar-refractivity contribution in [3.63, 3.8) is 0 Å². The summed E-state index contributed by atoms with van der Waals surface area (Å²) in [6, 6.07) is 11.3. The molecule has 2 aromatic carbocycles. The fourth-order valence-electron chi connectivity index (χ4n) is 2.32. The maximum atomic E-state index is 6.17. The van der Waals surface area contributed by atoms with Gasteiger partial charge in [-0.2, -0.15) is 0 Å². The molecule has 0 aliphatic rings. The summed E-state index contributed by atoms with van der Waals surface area (Å²) in [5.41, 5.74) is 3.03. The Hall–Kier alpha value is -0.930. The number of hydrogen-bond donors (Lipinski definition) is 1. The van der Waals surface area contributed by atoms with Crippen LogP contribution in [-0.4, -0.2) is 9.97 Å². The molecular formula is C16H14Cl4N2. The SMILES string of the molecule is Cl.Clc1ccc(CCCc2nc3ccc(Cl)cc3[nH]2)c(Cl)c1. The van der Waals surface area contributed by atoms with Gasteiger partial charge in [-0.15, -0.1) is 12.4 Å². The number of rotatable bonds is 4. The Labute approximate surface area is 150 Å². The summed E-state index contributed by atoms with van der Waals surface area (Å²) in [6.45, 7) is 0. The van der Waals surface area contributed by atoms with Gasteiger partial charge in [-0.3, -0.25) is 0 Å². The molecule has 1 N–H and O–H groups in total. The van der Waals surface area contributed by atoms with Crippen molar-refractivity contribution in [1.82, 2.24) is 9.97 Å². The molecule has 0 amide bonds. The van der Waals surface area contributed by atoms with Crippen LogP contribution in [0, 0.1) is 0 Å². The number of aromatic nitrogens is 2. The summed E-state index contributed by atoms with van der Waals surface area (Å²) in [5, 5.41) is 2.10. The Morgan fingerprint density at radius 2 is 1.64 bits per heavy atom. The second-order valence-electron chi connectivity index (χ2n) is 4.93. The Bertz CT molecular complexity index is 783. The van der Waals surface area contributed by atoms with Crippen LogP contribution in [-0.2, 0) is 12.8 Å². The number of aromatic amines is 1. The molecule has 22 heavy (non-hydrogen) atoms. The van der Waals surface area contributed by atoms with Crippen LogP contribution in [0.2, 0.25) is 15.1 Å². The maximum Gasteiger partial charge on any atom is 0.107 e. The minimum absolute atomic E-state index is 0. The highest BCUT2D eigenvalue weighted by Crippen LogP contribution is 2.23. The van der Waals surface area contributed by atoms with E-state index >= 15 is 0 Å². The monoisotopic (exact) mass is 374 g/mol. The lowest BCUT2D eigenvalue weighted by atomic mass is 10.1. The van der Waals surface area contributed by atoms with Crippen molar-refractivity contribution in [3.05, 3.63) is 62.9 Å². The molecule has 0 fully saturated rings. The predicted octanol–water partition coefficient (Wildman–Crippen LogP) is 6.12. The van der Waals surface area contributed by atoms with Crippen molar-refractivity contribution >= 4 is 58.2 Å². The van der Waals surface area contributed by atoms with Crippen molar-refractivity contribution in [2.45, 2.75) is 19.3 Å². The third kappa shape index (κ3) is 4.08. The molecule has 0 saturated heterocycles. The predicted molar refractivity (Wildman–Crippen MR) is 96.8 cm³/mol. The summed E-state index contributed by atoms with van der Waals surface area (Å²) in [5.74, 6) is 0.970. The number of fused-ring (bicyclic) bond motifs is 1. The molecule has 3 rings (SSSR count). The Balaban J connectivity index is 0.00000176. The van der Waals surface area contributed by atoms with E-state index in [1.165, 1.54) is 0 Å². The highest BCUT2D eigenvalue weighted by atomic mass is 35.5. The number of hydrogen-bond acceptors (Lipinski definition) is 1. The molecule has 0 unspecified atom stereocenters. The Morgan fingerprint density at radius 1 is 0.909 bits per heavy atom. The van der Waals surface area contributed by atoms with E-state index < -0.39 is 0 Å². The van der Waals surface area contributed by atoms with E-state index in [-0.39, 0.29) is 12.4 Å². The number of nitrogens with zero attached hydrogens (tertiary/aromatic N) is 1. The number of halogens is 4. The summed E-state index contributed by atoms with van der Waals surface area (Å²) >= 11 is 18.0. The highest BCUT2D eigenvalue weighted by Gasteiger charge is 2.05. The second-order valence-corrected chi connectivity index (χ2v) is 6.21. The molecule has 3 aromatic rings. The number of aryl methyl sites for hydroxylation is 2. The highest BCUT2D eigenvalue weighted by molar-refractivity contribution is 6.35. The fourth-order valence-corrected chi connectivity index (χ4v) is 3.00. The average Bonchev–Trinajstić information content (AvgIpc) is 2.83. The number of benzene rings is 2. The molecule has 2 nitrogen and oxygen atoms in total. The van der Waals surface area contributed by atoms with E-state index in [0.717, 1.165) is 46.7 Å². The van der Waals surface area contributed by atoms with Gasteiger partial charge in [0.25, 0.3) is 0 Å². The van der Waals surface area contributed by atoms with Crippen LogP contribution in [0.5, 0.6) is 0 Å². The van der Waals surface area contributed by atoms with Crippen LogP contribution in [0.1, 0.15) is 17.8 Å². The number of imidazole rings is 1. The van der Waals surface area contributed by atoms with Crippen LogP contribution in [0.4, 0.5) is 0 Å². The zero-order valence-corrected chi connectivity index (χ0v) is 14.7. The quantitative estimate of drug-likeness (QED) is 0.584. The smallest absolute Gasteiger partial charge is 0.107 e. The first-order valence-electron chi connectivity index (χ1n) is 6.70. The zero-order valence-electron chi connectivity index (χ0n) is 11.6. The normalized spacial score (nSPS) is 10.7. The Kier molecular flexibility index (Phi) is 5.99. The molecule has 0 aliphatic heterocycles. The molecule has 0 atom stereocenters. The van der Waals surface area contributed by atoms with Gasteiger partial charge in [0.05, 0.1) is 11.0 Å². The van der Waals surface area contributed by atoms with Gasteiger partial charge in [-0.25, -0.2) is 4.98 Å². The van der Waals surface area contributed by atoms with E-state index in [1.54, 1.807) is 6.07 Å². The van der Waals surface area contributed by atoms with Crippen LogP contribution in [0.15, 0.2) is 36.4 Å². The first-order chi connectivity index (χ1) is 10.1. The van der Waals surface area contributed by atoms with Crippen molar-refractivity contribution in [3.8, 4) is 0 Å². The molecule has 0 saturated carbocycles. The van der Waals surface area contributed by atoms with Crippen molar-refractivity contribution in [2.75, 3.05) is 0 Å². The van der Waals surface area contributed by atoms with Crippen molar-refractivity contribution < 1.29 is 0 Å². The van der Waals surface area contributed by atoms with E-state index in [4.69, 9.17) is 34.8 Å². The van der Waals surface area contributed by atoms with E-state index in [2.05, 4.69) is 9.97 Å². The molecular weight excluding hydrogens is 362 g/mol. The lowest BCUT2D eigenvalue weighted by Gasteiger charge is -2.03. The second kappa shape index (κ2) is 7.56. The van der Waals surface area contributed by atoms with Crippen molar-refractivity contribution in [1.29, 1.82) is 0 Å². The summed E-state index contributed by atoms with van der Waals surface area (Å²) < 4.78 is 0. The van der Waals surface area contributed by atoms with Gasteiger partial charge in [0.15, 0.2) is 0 Å². The van der Waals surface area contributed by atoms with Crippen molar-refractivity contribution in [2.24, 2.45) is 0 Å². The lowest BCUT2D eigenvalue weighted by Crippen LogP contribution is -1.93. The molecule has 0 aliphatic carbocycles. The molecule has 116 valence electrons. The fraction of sp³-hybridized carbons (Fsp3) is 0.188. The molecule has 0 spiro atoms. The van der Waals surface area contributed by atoms with E-state index in [0.29, 0.717) is 10.0 Å². The van der Waals surface area contributed by atoms with Gasteiger partial charge in [0.1, 0.15) is 5.82 Å². The third-order valence-corrected chi connectivity index (χ3v) is 4.19. The minimum atomic E-state index is 0. The zero-order chi connectivity index (χ0) is 14.8. The maximum absolute atomic E-state index is 6.17. The van der Waals surface area contributed by atoms with Gasteiger partial charge in [-0.1, -0.05) is 40.9 Å². The van der Waals surface area contributed by atoms with E-state index in [1.807, 2.05) is 30.3 Å². The topological polar surface area (TPSA) is 28.7 Å². The minimum Gasteiger partial charge on any atom is -0.342 e. The molecule has 0 bridgehead atoms. The standard InChI is InChI=1S/C16H13Cl3N2.ClH/c17-11-5-4-10(13(19)8-11)2-1-3-16-20-14-7-6-12(18)9-15(14)21-16;/h4-9H,1-3H2,(H,20,21);1H. The third-order valence-electron chi connectivity index (χ3n) is 3.37. The Morgan fingerprint density at radius 3 is 2.41 bits per heavy atom. The van der Waals surface area contributed by atoms with Crippen LogP contribution < -0.4 is 0 Å². The van der Waals surface area contributed by atoms with Gasteiger partial charge in [0.2, 0.25) is 0 Å². The van der Waals surface area contributed by atoms with Gasteiger partial charge in [-0.05, 0) is 48.7 Å². The van der Waals surface area contributed by atoms with Crippen LogP contribution >= 0.6 is 47.2 Å². The summed E-state index contributed by atoms with van der Waals surface area (Å²) in [4.78, 5) is 7.85. The molecule has 6 heteroatoms. The lowest BCUT2D eigenvalue weighted by molar-refractivity contribution is 0.786. The van der Waals surface area contributed by atoms with Gasteiger partial charge >= 0.3 is 0 Å². The molecule has 1 aromatic heterocycles. The van der Waals surface area contributed by atoms with Gasteiger partial charge in [0, 0.05) is 21.5 Å². The molecule has 0 radical (unpaired) electrons. The van der Waals surface area contributed by atoms with Crippen LogP contribution in [0.3, 0.4) is 0 Å². The summed E-state index contributed by atoms with van der Waals surface area (Å²) in [6.07, 6.45) is 2.73. The largest absolute Gasteiger partial charge is 0.342 e. The number of nitrogens with one attached hydrogen (secondary N) is 1. The van der Waals surface area contributed by atoms with E-state index in [9.17, 15) is 0 Å².